The number of hydrogen-bond donors (Lipinski definition) is 1. The lowest BCUT2D eigenvalue weighted by molar-refractivity contribution is 0.0622. The molecule has 3 nitrogen and oxygen atoms in total. The molecule has 18 heavy (non-hydrogen) atoms. The van der Waals surface area contributed by atoms with Gasteiger partial charge in [-0.3, -0.25) is 0 Å². The van der Waals surface area contributed by atoms with Gasteiger partial charge in [0.2, 0.25) is 0 Å². The van der Waals surface area contributed by atoms with E-state index in [1.165, 1.54) is 5.56 Å². The molecular weight excluding hydrogens is 228 g/mol. The predicted octanol–water partition coefficient (Wildman–Crippen LogP) is 2.66. The van der Waals surface area contributed by atoms with Crippen LogP contribution >= 0.6 is 0 Å². The first kappa shape index (κ1) is 15.0. The van der Waals surface area contributed by atoms with Crippen LogP contribution in [0.15, 0.2) is 24.3 Å². The third-order valence-corrected chi connectivity index (χ3v) is 3.24. The Kier molecular flexibility index (Phi) is 6.76. The molecule has 0 aliphatic heterocycles. The van der Waals surface area contributed by atoms with Crippen molar-refractivity contribution in [3.05, 3.63) is 29.8 Å². The molecule has 3 heteroatoms. The largest absolute Gasteiger partial charge is 0.491 e. The molecular formula is C15H24O3. The van der Waals surface area contributed by atoms with Crippen molar-refractivity contribution < 1.29 is 14.6 Å². The highest BCUT2D eigenvalue weighted by Gasteiger charge is 2.12. The molecule has 1 aromatic rings. The zero-order valence-electron chi connectivity index (χ0n) is 11.6. The van der Waals surface area contributed by atoms with Crippen molar-refractivity contribution in [1.29, 1.82) is 0 Å². The maximum absolute atomic E-state index is 9.81. The first-order chi connectivity index (χ1) is 8.67. The lowest BCUT2D eigenvalue weighted by Crippen LogP contribution is -2.24. The quantitative estimate of drug-likeness (QED) is 0.773. The van der Waals surface area contributed by atoms with Crippen LogP contribution in [0.5, 0.6) is 5.75 Å². The van der Waals surface area contributed by atoms with Crippen molar-refractivity contribution in [2.75, 3.05) is 20.3 Å². The molecule has 102 valence electrons. The molecule has 2 atom stereocenters. The number of ether oxygens (including phenoxy) is 2. The summed E-state index contributed by atoms with van der Waals surface area (Å²) in [5, 5.41) is 9.81. The van der Waals surface area contributed by atoms with Crippen LogP contribution in [-0.2, 0) is 11.2 Å². The fraction of sp³-hybridized carbons (Fsp3) is 0.600. The van der Waals surface area contributed by atoms with Crippen molar-refractivity contribution in [2.45, 2.75) is 32.8 Å². The van der Waals surface area contributed by atoms with E-state index in [0.29, 0.717) is 6.61 Å². The third-order valence-electron chi connectivity index (χ3n) is 3.24. The summed E-state index contributed by atoms with van der Waals surface area (Å²) in [5.74, 6) is 1.07. The molecule has 0 radical (unpaired) electrons. The van der Waals surface area contributed by atoms with E-state index in [0.717, 1.165) is 25.2 Å². The van der Waals surface area contributed by atoms with Crippen molar-refractivity contribution >= 4 is 0 Å². The average molecular weight is 252 g/mol. The number of aliphatic hydroxyl groups is 1. The van der Waals surface area contributed by atoms with Gasteiger partial charge < -0.3 is 14.6 Å². The number of methoxy groups -OCH3 is 1. The maximum Gasteiger partial charge on any atom is 0.119 e. The van der Waals surface area contributed by atoms with Crippen LogP contribution < -0.4 is 4.74 Å². The van der Waals surface area contributed by atoms with Crippen LogP contribution in [0.1, 0.15) is 25.8 Å². The number of benzene rings is 1. The molecule has 0 bridgehead atoms. The summed E-state index contributed by atoms with van der Waals surface area (Å²) in [6, 6.07) is 7.94. The summed E-state index contributed by atoms with van der Waals surface area (Å²) in [7, 11) is 1.70. The molecule has 0 heterocycles. The van der Waals surface area contributed by atoms with Gasteiger partial charge in [-0.2, -0.15) is 0 Å². The second kappa shape index (κ2) is 8.11. The topological polar surface area (TPSA) is 38.7 Å². The zero-order chi connectivity index (χ0) is 13.4. The average Bonchev–Trinajstić information content (AvgIpc) is 2.42. The molecule has 1 N–H and O–H groups in total. The van der Waals surface area contributed by atoms with Gasteiger partial charge in [0.1, 0.15) is 12.4 Å². The second-order valence-electron chi connectivity index (χ2n) is 4.65. The van der Waals surface area contributed by atoms with Gasteiger partial charge in [-0.15, -0.1) is 0 Å². The highest BCUT2D eigenvalue weighted by Crippen LogP contribution is 2.15. The van der Waals surface area contributed by atoms with Crippen LogP contribution in [0, 0.1) is 5.92 Å². The van der Waals surface area contributed by atoms with Gasteiger partial charge in [-0.1, -0.05) is 32.4 Å². The van der Waals surface area contributed by atoms with Gasteiger partial charge in [-0.25, -0.2) is 0 Å². The Bertz CT molecular complexity index is 321. The molecule has 0 spiro atoms. The van der Waals surface area contributed by atoms with E-state index in [1.54, 1.807) is 7.11 Å². The predicted molar refractivity (Wildman–Crippen MR) is 73.0 cm³/mol. The highest BCUT2D eigenvalue weighted by molar-refractivity contribution is 5.27. The maximum atomic E-state index is 9.81. The SMILES string of the molecule is CCC(C)C(O)COc1ccc(CCOC)cc1. The first-order valence-electron chi connectivity index (χ1n) is 6.56. The summed E-state index contributed by atoms with van der Waals surface area (Å²) in [4.78, 5) is 0. The summed E-state index contributed by atoms with van der Waals surface area (Å²) in [5.41, 5.74) is 1.23. The standard InChI is InChI=1S/C15H24O3/c1-4-12(2)15(16)11-18-14-7-5-13(6-8-14)9-10-17-3/h5-8,12,15-16H,4,9-11H2,1-3H3. The van der Waals surface area contributed by atoms with E-state index >= 15 is 0 Å². The smallest absolute Gasteiger partial charge is 0.119 e. The number of hydrogen-bond acceptors (Lipinski definition) is 3. The van der Waals surface area contributed by atoms with E-state index in [4.69, 9.17) is 9.47 Å². The summed E-state index contributed by atoms with van der Waals surface area (Å²) < 4.78 is 10.6. The van der Waals surface area contributed by atoms with Crippen LogP contribution in [0.25, 0.3) is 0 Å². The van der Waals surface area contributed by atoms with Gasteiger partial charge in [0.05, 0.1) is 12.7 Å². The Hall–Kier alpha value is -1.06. The van der Waals surface area contributed by atoms with E-state index < -0.39 is 6.10 Å². The fourth-order valence-electron chi connectivity index (χ4n) is 1.59. The van der Waals surface area contributed by atoms with Crippen molar-refractivity contribution in [2.24, 2.45) is 5.92 Å². The second-order valence-corrected chi connectivity index (χ2v) is 4.65. The van der Waals surface area contributed by atoms with Crippen molar-refractivity contribution in [3.63, 3.8) is 0 Å². The molecule has 1 rings (SSSR count). The molecule has 0 saturated carbocycles. The molecule has 0 fully saturated rings. The molecule has 0 aliphatic rings. The number of aliphatic hydroxyl groups excluding tert-OH is 1. The lowest BCUT2D eigenvalue weighted by Gasteiger charge is -2.17. The Labute approximate surface area is 110 Å². The number of rotatable bonds is 8. The summed E-state index contributed by atoms with van der Waals surface area (Å²) in [6.45, 7) is 5.18. The van der Waals surface area contributed by atoms with E-state index in [2.05, 4.69) is 6.92 Å². The third kappa shape index (κ3) is 5.07. The minimum absolute atomic E-state index is 0.269. The molecule has 1 aromatic carbocycles. The molecule has 0 aromatic heterocycles. The zero-order valence-corrected chi connectivity index (χ0v) is 11.6. The summed E-state index contributed by atoms with van der Waals surface area (Å²) >= 11 is 0. The van der Waals surface area contributed by atoms with Crippen LogP contribution in [0.3, 0.4) is 0 Å². The Morgan fingerprint density at radius 3 is 2.44 bits per heavy atom. The van der Waals surface area contributed by atoms with Crippen LogP contribution in [0.2, 0.25) is 0 Å². The van der Waals surface area contributed by atoms with E-state index in [9.17, 15) is 5.11 Å². The van der Waals surface area contributed by atoms with Gasteiger partial charge >= 0.3 is 0 Å². The monoisotopic (exact) mass is 252 g/mol. The normalized spacial score (nSPS) is 14.2. The minimum Gasteiger partial charge on any atom is -0.491 e. The fourth-order valence-corrected chi connectivity index (χ4v) is 1.59. The molecule has 2 unspecified atom stereocenters. The molecule has 0 saturated heterocycles. The van der Waals surface area contributed by atoms with Crippen molar-refractivity contribution in [3.8, 4) is 5.75 Å². The van der Waals surface area contributed by atoms with Crippen LogP contribution in [0.4, 0.5) is 0 Å². The van der Waals surface area contributed by atoms with Gasteiger partial charge in [0, 0.05) is 7.11 Å². The van der Waals surface area contributed by atoms with Crippen LogP contribution in [-0.4, -0.2) is 31.5 Å². The first-order valence-corrected chi connectivity index (χ1v) is 6.56. The summed E-state index contributed by atoms with van der Waals surface area (Å²) in [6.07, 6.45) is 1.47. The molecule has 0 aliphatic carbocycles. The Morgan fingerprint density at radius 2 is 1.89 bits per heavy atom. The lowest BCUT2D eigenvalue weighted by atomic mass is 10.0. The van der Waals surface area contributed by atoms with Crippen molar-refractivity contribution in [1.82, 2.24) is 0 Å². The molecule has 0 amide bonds. The highest BCUT2D eigenvalue weighted by atomic mass is 16.5. The Morgan fingerprint density at radius 1 is 1.22 bits per heavy atom. The Balaban J connectivity index is 2.39. The van der Waals surface area contributed by atoms with Gasteiger partial charge in [-0.05, 0) is 30.0 Å². The van der Waals surface area contributed by atoms with E-state index in [-0.39, 0.29) is 5.92 Å². The van der Waals surface area contributed by atoms with E-state index in [1.807, 2.05) is 31.2 Å². The van der Waals surface area contributed by atoms with Gasteiger partial charge in [0.25, 0.3) is 0 Å². The van der Waals surface area contributed by atoms with Gasteiger partial charge in [0.15, 0.2) is 0 Å². The minimum atomic E-state index is -0.400.